The number of aliphatic hydroxyl groups is 1. The SMILES string of the molecule is CCCCC1CCC(NC(=O)NCCO)CC1. The molecule has 0 aliphatic heterocycles. The smallest absolute Gasteiger partial charge is 0.315 e. The molecule has 0 unspecified atom stereocenters. The maximum atomic E-state index is 11.4. The molecule has 0 atom stereocenters. The molecular formula is C13H26N2O2. The molecule has 3 N–H and O–H groups in total. The molecular weight excluding hydrogens is 216 g/mol. The van der Waals surface area contributed by atoms with Crippen LogP contribution in [0.3, 0.4) is 0 Å². The maximum absolute atomic E-state index is 11.4. The number of carbonyl (C=O) groups is 1. The Kier molecular flexibility index (Phi) is 7.01. The summed E-state index contributed by atoms with van der Waals surface area (Å²) >= 11 is 0. The standard InChI is InChI=1S/C13H26N2O2/c1-2-3-4-11-5-7-12(8-6-11)15-13(17)14-9-10-16/h11-12,16H,2-10H2,1H3,(H2,14,15,17). The maximum Gasteiger partial charge on any atom is 0.315 e. The molecule has 0 aromatic carbocycles. The van der Waals surface area contributed by atoms with Crippen molar-refractivity contribution in [2.24, 2.45) is 5.92 Å². The van der Waals surface area contributed by atoms with Crippen LogP contribution < -0.4 is 10.6 Å². The van der Waals surface area contributed by atoms with Gasteiger partial charge in [0, 0.05) is 12.6 Å². The Labute approximate surface area is 104 Å². The lowest BCUT2D eigenvalue weighted by molar-refractivity contribution is 0.220. The molecule has 0 bridgehead atoms. The topological polar surface area (TPSA) is 61.4 Å². The molecule has 1 aliphatic carbocycles. The van der Waals surface area contributed by atoms with Gasteiger partial charge in [0.2, 0.25) is 0 Å². The van der Waals surface area contributed by atoms with E-state index in [2.05, 4.69) is 17.6 Å². The summed E-state index contributed by atoms with van der Waals surface area (Å²) in [6, 6.07) is 0.183. The van der Waals surface area contributed by atoms with E-state index in [9.17, 15) is 4.79 Å². The highest BCUT2D eigenvalue weighted by atomic mass is 16.3. The second-order valence-corrected chi connectivity index (χ2v) is 4.98. The van der Waals surface area contributed by atoms with Gasteiger partial charge in [-0.05, 0) is 31.6 Å². The van der Waals surface area contributed by atoms with Crippen molar-refractivity contribution in [2.75, 3.05) is 13.2 Å². The average Bonchev–Trinajstić information content (AvgIpc) is 2.35. The molecule has 0 saturated heterocycles. The van der Waals surface area contributed by atoms with Crippen LogP contribution in [0.4, 0.5) is 4.79 Å². The van der Waals surface area contributed by atoms with Gasteiger partial charge in [0.25, 0.3) is 0 Å². The number of hydrogen-bond acceptors (Lipinski definition) is 2. The second-order valence-electron chi connectivity index (χ2n) is 4.98. The third-order valence-corrected chi connectivity index (χ3v) is 3.55. The predicted molar refractivity (Wildman–Crippen MR) is 68.9 cm³/mol. The van der Waals surface area contributed by atoms with E-state index < -0.39 is 0 Å². The van der Waals surface area contributed by atoms with Gasteiger partial charge in [-0.2, -0.15) is 0 Å². The molecule has 1 fully saturated rings. The average molecular weight is 242 g/mol. The summed E-state index contributed by atoms with van der Waals surface area (Å²) in [5.74, 6) is 0.869. The van der Waals surface area contributed by atoms with E-state index in [-0.39, 0.29) is 12.6 Å². The normalized spacial score (nSPS) is 24.4. The first-order valence-corrected chi connectivity index (χ1v) is 6.91. The molecule has 100 valence electrons. The van der Waals surface area contributed by atoms with Crippen LogP contribution in [0.25, 0.3) is 0 Å². The van der Waals surface area contributed by atoms with Crippen LogP contribution in [0.2, 0.25) is 0 Å². The summed E-state index contributed by atoms with van der Waals surface area (Å²) in [4.78, 5) is 11.4. The molecule has 0 spiro atoms. The van der Waals surface area contributed by atoms with Crippen LogP contribution >= 0.6 is 0 Å². The number of urea groups is 1. The van der Waals surface area contributed by atoms with Gasteiger partial charge >= 0.3 is 6.03 Å². The molecule has 0 aromatic rings. The van der Waals surface area contributed by atoms with E-state index in [0.29, 0.717) is 12.6 Å². The Morgan fingerprint density at radius 1 is 1.29 bits per heavy atom. The Balaban J connectivity index is 2.12. The van der Waals surface area contributed by atoms with Crippen molar-refractivity contribution in [1.29, 1.82) is 0 Å². The monoisotopic (exact) mass is 242 g/mol. The fourth-order valence-corrected chi connectivity index (χ4v) is 2.49. The first-order chi connectivity index (χ1) is 8.26. The van der Waals surface area contributed by atoms with E-state index in [1.54, 1.807) is 0 Å². The quantitative estimate of drug-likeness (QED) is 0.667. The third kappa shape index (κ3) is 5.91. The van der Waals surface area contributed by atoms with Crippen molar-refractivity contribution in [3.05, 3.63) is 0 Å². The minimum absolute atomic E-state index is 0.00280. The minimum atomic E-state index is -0.143. The molecule has 1 rings (SSSR count). The third-order valence-electron chi connectivity index (χ3n) is 3.55. The van der Waals surface area contributed by atoms with E-state index in [1.165, 1.54) is 32.1 Å². The number of carbonyl (C=O) groups excluding carboxylic acids is 1. The molecule has 4 heteroatoms. The number of rotatable bonds is 6. The van der Waals surface area contributed by atoms with Crippen molar-refractivity contribution in [2.45, 2.75) is 57.9 Å². The summed E-state index contributed by atoms with van der Waals surface area (Å²) in [5.41, 5.74) is 0. The minimum Gasteiger partial charge on any atom is -0.395 e. The largest absolute Gasteiger partial charge is 0.395 e. The molecule has 0 aromatic heterocycles. The van der Waals surface area contributed by atoms with Gasteiger partial charge in [-0.3, -0.25) is 0 Å². The predicted octanol–water partition coefficient (Wildman–Crippen LogP) is 2.03. The van der Waals surface area contributed by atoms with E-state index in [4.69, 9.17) is 5.11 Å². The van der Waals surface area contributed by atoms with Gasteiger partial charge in [0.05, 0.1) is 6.61 Å². The van der Waals surface area contributed by atoms with Gasteiger partial charge in [0.15, 0.2) is 0 Å². The first-order valence-electron chi connectivity index (χ1n) is 6.91. The fraction of sp³-hybridized carbons (Fsp3) is 0.923. The van der Waals surface area contributed by atoms with Gasteiger partial charge in [-0.1, -0.05) is 26.2 Å². The molecule has 17 heavy (non-hydrogen) atoms. The van der Waals surface area contributed by atoms with Crippen LogP contribution in [-0.4, -0.2) is 30.3 Å². The zero-order valence-electron chi connectivity index (χ0n) is 10.9. The Hall–Kier alpha value is -0.770. The zero-order valence-corrected chi connectivity index (χ0v) is 10.9. The van der Waals surface area contributed by atoms with Gasteiger partial charge in [-0.15, -0.1) is 0 Å². The molecule has 0 heterocycles. The van der Waals surface area contributed by atoms with Crippen molar-refractivity contribution < 1.29 is 9.90 Å². The number of nitrogens with one attached hydrogen (secondary N) is 2. The van der Waals surface area contributed by atoms with Gasteiger partial charge in [-0.25, -0.2) is 4.79 Å². The van der Waals surface area contributed by atoms with Crippen molar-refractivity contribution >= 4 is 6.03 Å². The summed E-state index contributed by atoms with van der Waals surface area (Å²) in [7, 11) is 0. The van der Waals surface area contributed by atoms with Crippen LogP contribution in [0.1, 0.15) is 51.9 Å². The molecule has 2 amide bonds. The van der Waals surface area contributed by atoms with Crippen LogP contribution in [-0.2, 0) is 0 Å². The van der Waals surface area contributed by atoms with Gasteiger partial charge in [0.1, 0.15) is 0 Å². The summed E-state index contributed by atoms with van der Waals surface area (Å²) in [6.45, 7) is 2.56. The lowest BCUT2D eigenvalue weighted by Crippen LogP contribution is -2.44. The zero-order chi connectivity index (χ0) is 12.5. The van der Waals surface area contributed by atoms with E-state index in [1.807, 2.05) is 0 Å². The van der Waals surface area contributed by atoms with Crippen molar-refractivity contribution in [3.63, 3.8) is 0 Å². The molecule has 0 radical (unpaired) electrons. The Bertz CT molecular complexity index is 213. The highest BCUT2D eigenvalue weighted by Crippen LogP contribution is 2.28. The first kappa shape index (κ1) is 14.3. The summed E-state index contributed by atoms with van der Waals surface area (Å²) in [6.07, 6.45) is 8.64. The second kappa shape index (κ2) is 8.34. The number of amides is 2. The number of aliphatic hydroxyl groups excluding tert-OH is 1. The lowest BCUT2D eigenvalue weighted by Gasteiger charge is -2.29. The molecule has 1 aliphatic rings. The van der Waals surface area contributed by atoms with E-state index >= 15 is 0 Å². The Morgan fingerprint density at radius 3 is 2.59 bits per heavy atom. The van der Waals surface area contributed by atoms with Gasteiger partial charge < -0.3 is 15.7 Å². The fourth-order valence-electron chi connectivity index (χ4n) is 2.49. The van der Waals surface area contributed by atoms with E-state index in [0.717, 1.165) is 18.8 Å². The number of hydrogen-bond donors (Lipinski definition) is 3. The highest BCUT2D eigenvalue weighted by molar-refractivity contribution is 5.74. The summed E-state index contributed by atoms with van der Waals surface area (Å²) < 4.78 is 0. The highest BCUT2D eigenvalue weighted by Gasteiger charge is 2.21. The lowest BCUT2D eigenvalue weighted by atomic mass is 9.83. The van der Waals surface area contributed by atoms with Crippen LogP contribution in [0.5, 0.6) is 0 Å². The van der Waals surface area contributed by atoms with Crippen molar-refractivity contribution in [1.82, 2.24) is 10.6 Å². The van der Waals surface area contributed by atoms with Crippen molar-refractivity contribution in [3.8, 4) is 0 Å². The summed E-state index contributed by atoms with van der Waals surface area (Å²) in [5, 5.41) is 14.2. The molecule has 4 nitrogen and oxygen atoms in total. The molecule has 1 saturated carbocycles. The van der Waals surface area contributed by atoms with Crippen LogP contribution in [0, 0.1) is 5.92 Å². The Morgan fingerprint density at radius 2 is 2.00 bits per heavy atom. The number of unbranched alkanes of at least 4 members (excludes halogenated alkanes) is 1. The van der Waals surface area contributed by atoms with Crippen LogP contribution in [0.15, 0.2) is 0 Å².